The second kappa shape index (κ2) is 27.8. The number of anilines is 6. The minimum Gasteiger partial charge on any atom is -0.310 e. The van der Waals surface area contributed by atoms with Gasteiger partial charge in [0.05, 0.1) is 16.8 Å². The molecule has 20 aromatic carbocycles. The lowest BCUT2D eigenvalue weighted by Crippen LogP contribution is -2.28. The SMILES string of the molecule is CC1(C)c2ccccc2-c2ccc(N(c3ccc4c(c3)C(C)(C)c3ccc(-c5cccc6c(-c7cccc(N(c8ccc9c(c8)C(C)(C)c8ccccc8-9)c8ccc9c(c8)C(c8ccccc8)(c8ccccc8)c8ccccc8-9)c7-c7ccccc7)cc7ccccc7c56)cc3-4)c3cccc(-c4cc5ccccc5c5ccccc45)c3-c3ccccc3)cc21. The van der Waals surface area contributed by atoms with Crippen molar-refractivity contribution >= 4 is 77.2 Å². The van der Waals surface area contributed by atoms with Crippen molar-refractivity contribution < 1.29 is 0 Å². The monoisotopic (exact) mass is 1580 g/mol. The molecule has 0 saturated heterocycles. The van der Waals surface area contributed by atoms with Crippen molar-refractivity contribution in [2.75, 3.05) is 9.80 Å². The van der Waals surface area contributed by atoms with Crippen LogP contribution in [0.5, 0.6) is 0 Å². The molecule has 124 heavy (non-hydrogen) atoms. The minimum absolute atomic E-state index is 0.229. The third kappa shape index (κ3) is 10.8. The molecule has 0 atom stereocenters. The van der Waals surface area contributed by atoms with E-state index >= 15 is 0 Å². The van der Waals surface area contributed by atoms with Crippen molar-refractivity contribution in [1.82, 2.24) is 0 Å². The Kier molecular flexibility index (Phi) is 16.4. The molecule has 20 aromatic rings. The average Bonchev–Trinajstić information content (AvgIpc) is 1.53. The van der Waals surface area contributed by atoms with Crippen LogP contribution in [-0.4, -0.2) is 0 Å². The first-order chi connectivity index (χ1) is 60.8. The largest absolute Gasteiger partial charge is 0.310 e. The second-order valence-corrected chi connectivity index (χ2v) is 36.0. The van der Waals surface area contributed by atoms with E-state index in [-0.39, 0.29) is 16.2 Å². The molecule has 0 fully saturated rings. The number of hydrogen-bond acceptors (Lipinski definition) is 2. The first kappa shape index (κ1) is 73.0. The molecule has 0 amide bonds. The van der Waals surface area contributed by atoms with Crippen LogP contribution >= 0.6 is 0 Å². The summed E-state index contributed by atoms with van der Waals surface area (Å²) in [6.07, 6.45) is 0. The molecule has 0 saturated carbocycles. The number of nitrogens with zero attached hydrogens (tertiary/aromatic N) is 2. The Morgan fingerprint density at radius 3 is 1.02 bits per heavy atom. The first-order valence-electron chi connectivity index (χ1n) is 43.8. The van der Waals surface area contributed by atoms with Gasteiger partial charge in [0.25, 0.3) is 0 Å². The molecule has 4 aliphatic rings. The summed E-state index contributed by atoms with van der Waals surface area (Å²) in [7, 11) is 0. The zero-order valence-corrected chi connectivity index (χ0v) is 70.3. The topological polar surface area (TPSA) is 6.48 Å². The van der Waals surface area contributed by atoms with Gasteiger partial charge in [-0.25, -0.2) is 0 Å². The van der Waals surface area contributed by atoms with Crippen molar-refractivity contribution in [3.63, 3.8) is 0 Å². The van der Waals surface area contributed by atoms with Gasteiger partial charge in [0, 0.05) is 50.1 Å². The van der Waals surface area contributed by atoms with Crippen LogP contribution < -0.4 is 9.80 Å². The molecule has 586 valence electrons. The number of hydrogen-bond donors (Lipinski definition) is 0. The summed E-state index contributed by atoms with van der Waals surface area (Å²) in [5.41, 5.74) is 40.0. The van der Waals surface area contributed by atoms with Gasteiger partial charge in [0.1, 0.15) is 0 Å². The highest BCUT2D eigenvalue weighted by atomic mass is 15.2. The van der Waals surface area contributed by atoms with Gasteiger partial charge in [0.15, 0.2) is 0 Å². The van der Waals surface area contributed by atoms with E-state index in [4.69, 9.17) is 0 Å². The summed E-state index contributed by atoms with van der Waals surface area (Å²) in [5.74, 6) is 0. The molecule has 4 aliphatic carbocycles. The molecule has 2 heteroatoms. The van der Waals surface area contributed by atoms with Gasteiger partial charge in [-0.05, 0) is 267 Å². The molecule has 0 aliphatic heterocycles. The van der Waals surface area contributed by atoms with Crippen LogP contribution in [0.25, 0.3) is 143 Å². The van der Waals surface area contributed by atoms with Gasteiger partial charge in [-0.2, -0.15) is 0 Å². The van der Waals surface area contributed by atoms with Crippen LogP contribution in [0.1, 0.15) is 97.2 Å². The Hall–Kier alpha value is -15.0. The summed E-state index contributed by atoms with van der Waals surface area (Å²) < 4.78 is 0. The van der Waals surface area contributed by atoms with Crippen LogP contribution in [0.3, 0.4) is 0 Å². The highest BCUT2D eigenvalue weighted by Gasteiger charge is 2.47. The van der Waals surface area contributed by atoms with E-state index in [0.29, 0.717) is 0 Å². The maximum Gasteiger partial charge on any atom is 0.0714 e. The third-order valence-corrected chi connectivity index (χ3v) is 28.5. The van der Waals surface area contributed by atoms with Gasteiger partial charge in [-0.15, -0.1) is 0 Å². The molecular weight excluding hydrogens is 1490 g/mol. The summed E-state index contributed by atoms with van der Waals surface area (Å²) in [5, 5.41) is 9.78. The number of rotatable bonds is 13. The lowest BCUT2D eigenvalue weighted by Gasteiger charge is -2.35. The van der Waals surface area contributed by atoms with Crippen LogP contribution in [0.4, 0.5) is 34.1 Å². The Balaban J connectivity index is 0.688. The lowest BCUT2D eigenvalue weighted by molar-refractivity contribution is 0.660. The Morgan fingerprint density at radius 2 is 0.516 bits per heavy atom. The van der Waals surface area contributed by atoms with E-state index in [0.717, 1.165) is 56.4 Å². The lowest BCUT2D eigenvalue weighted by atomic mass is 9.67. The zero-order valence-electron chi connectivity index (χ0n) is 70.3. The summed E-state index contributed by atoms with van der Waals surface area (Å²) in [6, 6.07) is 162. The fourth-order valence-corrected chi connectivity index (χ4v) is 22.7. The molecule has 0 aromatic heterocycles. The first-order valence-corrected chi connectivity index (χ1v) is 43.8. The van der Waals surface area contributed by atoms with E-state index in [2.05, 4.69) is 476 Å². The van der Waals surface area contributed by atoms with Crippen molar-refractivity contribution in [3.05, 3.63) is 480 Å². The Morgan fingerprint density at radius 1 is 0.177 bits per heavy atom. The predicted molar refractivity (Wildman–Crippen MR) is 523 cm³/mol. The quantitative estimate of drug-likeness (QED) is 0.106. The molecule has 0 bridgehead atoms. The van der Waals surface area contributed by atoms with Gasteiger partial charge in [-0.1, -0.05) is 387 Å². The highest BCUT2D eigenvalue weighted by Crippen LogP contribution is 2.62. The molecule has 2 nitrogen and oxygen atoms in total. The van der Waals surface area contributed by atoms with E-state index in [1.54, 1.807) is 0 Å². The van der Waals surface area contributed by atoms with E-state index in [1.165, 1.54) is 177 Å². The summed E-state index contributed by atoms with van der Waals surface area (Å²) in [6.45, 7) is 14.5. The van der Waals surface area contributed by atoms with Crippen LogP contribution in [0, 0.1) is 0 Å². The van der Waals surface area contributed by atoms with Crippen molar-refractivity contribution in [3.8, 4) is 100 Å². The zero-order chi connectivity index (χ0) is 82.9. The van der Waals surface area contributed by atoms with Crippen molar-refractivity contribution in [2.45, 2.75) is 63.2 Å². The van der Waals surface area contributed by atoms with Crippen LogP contribution in [0.15, 0.2) is 425 Å². The fraction of sp³-hybridized carbons (Fsp3) is 0.0820. The van der Waals surface area contributed by atoms with Crippen molar-refractivity contribution in [2.24, 2.45) is 0 Å². The van der Waals surface area contributed by atoms with E-state index in [1.807, 2.05) is 0 Å². The molecule has 0 unspecified atom stereocenters. The molecule has 0 heterocycles. The van der Waals surface area contributed by atoms with Crippen LogP contribution in [0.2, 0.25) is 0 Å². The second-order valence-electron chi connectivity index (χ2n) is 36.0. The normalized spacial score (nSPS) is 14.1. The maximum atomic E-state index is 2.59. The predicted octanol–water partition coefficient (Wildman–Crippen LogP) is 32.9. The van der Waals surface area contributed by atoms with Gasteiger partial charge < -0.3 is 9.80 Å². The Bertz CT molecular complexity index is 7780. The molecule has 0 N–H and O–H groups in total. The third-order valence-electron chi connectivity index (χ3n) is 28.5. The van der Waals surface area contributed by atoms with Gasteiger partial charge in [0.2, 0.25) is 0 Å². The average molecular weight is 1580 g/mol. The Labute approximate surface area is 725 Å². The number of benzene rings is 20. The van der Waals surface area contributed by atoms with Crippen LogP contribution in [-0.2, 0) is 21.7 Å². The van der Waals surface area contributed by atoms with E-state index < -0.39 is 5.41 Å². The smallest absolute Gasteiger partial charge is 0.0714 e. The summed E-state index contributed by atoms with van der Waals surface area (Å²) >= 11 is 0. The number of fused-ring (bicyclic) bond motifs is 18. The van der Waals surface area contributed by atoms with Gasteiger partial charge >= 0.3 is 0 Å². The molecule has 0 spiro atoms. The standard InChI is InChI=1S/C122H88N2/c1-119(2)106-55-28-25-48-93(106)96-65-61-84(73-110(96)119)123(114-58-32-53-100(116(114)77-34-11-7-12-35-77)103-70-79-38-19-21-44-88(79)91-46-23-24-47-92(91)103)86-64-68-99-105-72-81(60-69-108(105)121(5,6)112(99)75-86)90-51-31-52-102-104(71-80-39-20-22-45-89(80)118(90)102)101-54-33-59-115(117(101)78-36-13-8-14-37-78)124(85-62-66-97-94-49-26-29-56-107(94)120(3,4)111(97)74-85)87-63-67-98-95-50-27-30-57-109(95)122(113(98)76-87,82-40-15-9-16-41-82)83-42-17-10-18-43-83/h7-76H,1-6H3. The molecule has 0 radical (unpaired) electrons. The minimum atomic E-state index is -0.623. The maximum absolute atomic E-state index is 2.59. The molecule has 24 rings (SSSR count). The van der Waals surface area contributed by atoms with Crippen molar-refractivity contribution in [1.29, 1.82) is 0 Å². The fourth-order valence-electron chi connectivity index (χ4n) is 22.7. The van der Waals surface area contributed by atoms with E-state index in [9.17, 15) is 0 Å². The van der Waals surface area contributed by atoms with Gasteiger partial charge in [-0.3, -0.25) is 0 Å². The summed E-state index contributed by atoms with van der Waals surface area (Å²) in [4.78, 5) is 5.17. The molecular formula is C122H88N2. The highest BCUT2D eigenvalue weighted by molar-refractivity contribution is 6.21.